The van der Waals surface area contributed by atoms with Gasteiger partial charge in [-0.1, -0.05) is 13.8 Å². The Balaban J connectivity index is 1.27. The van der Waals surface area contributed by atoms with Crippen molar-refractivity contribution in [1.82, 2.24) is 20.4 Å². The summed E-state index contributed by atoms with van der Waals surface area (Å²) in [7, 11) is 0. The minimum atomic E-state index is -0.874. The number of nitrogens with zero attached hydrogens (tertiary/aromatic N) is 3. The quantitative estimate of drug-likeness (QED) is 0.474. The zero-order valence-electron chi connectivity index (χ0n) is 22.4. The van der Waals surface area contributed by atoms with E-state index in [2.05, 4.69) is 15.5 Å². The van der Waals surface area contributed by atoms with E-state index in [0.717, 1.165) is 38.3 Å². The molecule has 0 radical (unpaired) electrons. The van der Waals surface area contributed by atoms with Crippen LogP contribution in [-0.2, 0) is 14.4 Å². The van der Waals surface area contributed by atoms with E-state index < -0.39 is 17.6 Å². The van der Waals surface area contributed by atoms with Crippen molar-refractivity contribution in [3.05, 3.63) is 29.8 Å². The molecule has 4 aliphatic rings. The molecule has 206 valence electrons. The van der Waals surface area contributed by atoms with Gasteiger partial charge in [-0.3, -0.25) is 19.2 Å². The number of likely N-dealkylation sites (tertiary alicyclic amines) is 2. The summed E-state index contributed by atoms with van der Waals surface area (Å²) in [5.74, 6) is -0.710. The summed E-state index contributed by atoms with van der Waals surface area (Å²) in [5, 5.41) is 6.28. The Kier molecular flexibility index (Phi) is 7.46. The molecule has 1 aromatic carbocycles. The van der Waals surface area contributed by atoms with Crippen LogP contribution in [0.3, 0.4) is 0 Å². The normalized spacial score (nSPS) is 25.3. The number of benzene rings is 1. The van der Waals surface area contributed by atoms with Gasteiger partial charge in [0.15, 0.2) is 5.78 Å². The average molecular weight is 525 g/mol. The Hall–Kier alpha value is -2.98. The maximum Gasteiger partial charge on any atom is 0.251 e. The lowest BCUT2D eigenvalue weighted by atomic mass is 9.76. The molecule has 1 aromatic rings. The number of nitrogens with two attached hydrogens (primary N) is 1. The maximum atomic E-state index is 13.8. The summed E-state index contributed by atoms with van der Waals surface area (Å²) in [4.78, 5) is 58.6. The van der Waals surface area contributed by atoms with Crippen molar-refractivity contribution in [2.24, 2.45) is 11.7 Å². The molecular formula is C28H40N6O4. The molecule has 0 spiro atoms. The van der Waals surface area contributed by atoms with Crippen LogP contribution in [-0.4, -0.2) is 96.2 Å². The molecule has 3 saturated heterocycles. The van der Waals surface area contributed by atoms with Gasteiger partial charge in [-0.25, -0.2) is 0 Å². The van der Waals surface area contributed by atoms with Crippen molar-refractivity contribution in [2.75, 3.05) is 44.2 Å². The highest BCUT2D eigenvalue weighted by molar-refractivity contribution is 6.02. The topological polar surface area (TPSA) is 128 Å². The van der Waals surface area contributed by atoms with Gasteiger partial charge in [0.05, 0.1) is 18.1 Å². The second-order valence-electron chi connectivity index (χ2n) is 11.7. The number of nitrogens with one attached hydrogen (secondary N) is 2. The minimum Gasteiger partial charge on any atom is -0.369 e. The molecule has 3 atom stereocenters. The number of carbonyl (C=O) groups excluding carboxylic acids is 4. The Morgan fingerprint density at radius 2 is 1.76 bits per heavy atom. The van der Waals surface area contributed by atoms with E-state index in [0.29, 0.717) is 37.8 Å². The molecular weight excluding hydrogens is 484 g/mol. The maximum absolute atomic E-state index is 13.8. The molecule has 1 aliphatic carbocycles. The number of anilines is 1. The molecule has 5 rings (SSSR count). The highest BCUT2D eigenvalue weighted by atomic mass is 16.2. The average Bonchev–Trinajstić information content (AvgIpc) is 3.47. The molecule has 38 heavy (non-hydrogen) atoms. The third-order valence-corrected chi connectivity index (χ3v) is 8.56. The van der Waals surface area contributed by atoms with Crippen molar-refractivity contribution >= 4 is 29.2 Å². The highest BCUT2D eigenvalue weighted by Gasteiger charge is 2.55. The molecule has 3 amide bonds. The van der Waals surface area contributed by atoms with E-state index in [1.54, 1.807) is 21.9 Å². The van der Waals surface area contributed by atoms with Gasteiger partial charge in [0.25, 0.3) is 5.91 Å². The standard InChI is InChI=1S/C28H40N6O4/c1-18(2)16-21(31-25(36)19-4-6-20(7-5-19)32-14-11-30-12-15-32)26(37)33-13-8-22-24(33)23(35)17-34(22)27(38)28(29)9-3-10-28/h4-7,18,21-22,24,30H,3,8-17,29H2,1-2H3,(H,31,36). The van der Waals surface area contributed by atoms with E-state index in [9.17, 15) is 19.2 Å². The number of fused-ring (bicyclic) bond motifs is 1. The van der Waals surface area contributed by atoms with Crippen molar-refractivity contribution in [2.45, 2.75) is 69.6 Å². The zero-order chi connectivity index (χ0) is 27.0. The number of carbonyl (C=O) groups is 4. The smallest absolute Gasteiger partial charge is 0.251 e. The first-order chi connectivity index (χ1) is 18.2. The van der Waals surface area contributed by atoms with E-state index >= 15 is 0 Å². The van der Waals surface area contributed by atoms with Crippen LogP contribution in [0, 0.1) is 5.92 Å². The summed E-state index contributed by atoms with van der Waals surface area (Å²) >= 11 is 0. The first kappa shape index (κ1) is 26.6. The van der Waals surface area contributed by atoms with Crippen LogP contribution in [0.15, 0.2) is 24.3 Å². The Morgan fingerprint density at radius 1 is 1.08 bits per heavy atom. The fourth-order valence-corrected chi connectivity index (χ4v) is 6.28. The first-order valence-electron chi connectivity index (χ1n) is 14.0. The Morgan fingerprint density at radius 3 is 2.37 bits per heavy atom. The van der Waals surface area contributed by atoms with E-state index in [-0.39, 0.29) is 42.0 Å². The van der Waals surface area contributed by atoms with E-state index in [1.807, 2.05) is 26.0 Å². The molecule has 4 N–H and O–H groups in total. The minimum absolute atomic E-state index is 0.00245. The molecule has 1 saturated carbocycles. The SMILES string of the molecule is CC(C)CC(NC(=O)c1ccc(N2CCNCC2)cc1)C(=O)N1CCC2C1C(=O)CN2C(=O)C1(N)CCC1. The van der Waals surface area contributed by atoms with Gasteiger partial charge in [-0.2, -0.15) is 0 Å². The van der Waals surface area contributed by atoms with Crippen LogP contribution in [0.2, 0.25) is 0 Å². The van der Waals surface area contributed by atoms with Crippen molar-refractivity contribution in [1.29, 1.82) is 0 Å². The third-order valence-electron chi connectivity index (χ3n) is 8.56. The summed E-state index contributed by atoms with van der Waals surface area (Å²) in [6.45, 7) is 8.08. The van der Waals surface area contributed by atoms with Crippen molar-refractivity contribution in [3.8, 4) is 0 Å². The number of piperazine rings is 1. The third kappa shape index (κ3) is 5.03. The lowest BCUT2D eigenvalue weighted by molar-refractivity contribution is -0.141. The van der Waals surface area contributed by atoms with Gasteiger partial charge in [-0.05, 0) is 62.3 Å². The van der Waals surface area contributed by atoms with Gasteiger partial charge in [0.2, 0.25) is 11.8 Å². The molecule has 10 heteroatoms. The first-order valence-corrected chi connectivity index (χ1v) is 14.0. The largest absolute Gasteiger partial charge is 0.369 e. The summed E-state index contributed by atoms with van der Waals surface area (Å²) < 4.78 is 0. The molecule has 3 aliphatic heterocycles. The molecule has 0 aromatic heterocycles. The molecule has 3 heterocycles. The van der Waals surface area contributed by atoms with Gasteiger partial charge >= 0.3 is 0 Å². The summed E-state index contributed by atoms with van der Waals surface area (Å²) in [5.41, 5.74) is 6.97. The lowest BCUT2D eigenvalue weighted by Gasteiger charge is -2.40. The monoisotopic (exact) mass is 524 g/mol. The van der Waals surface area contributed by atoms with E-state index in [1.165, 1.54) is 0 Å². The van der Waals surface area contributed by atoms with Crippen LogP contribution in [0.5, 0.6) is 0 Å². The predicted molar refractivity (Wildman–Crippen MR) is 144 cm³/mol. The molecule has 10 nitrogen and oxygen atoms in total. The Bertz CT molecular complexity index is 1080. The fraction of sp³-hybridized carbons (Fsp3) is 0.643. The van der Waals surface area contributed by atoms with Crippen LogP contribution >= 0.6 is 0 Å². The Labute approximate surface area is 224 Å². The van der Waals surface area contributed by atoms with Crippen LogP contribution < -0.4 is 21.3 Å². The molecule has 3 unspecified atom stereocenters. The molecule has 4 fully saturated rings. The number of amides is 3. The van der Waals surface area contributed by atoms with Gasteiger partial charge < -0.3 is 31.1 Å². The number of hydrogen-bond acceptors (Lipinski definition) is 7. The number of ketones is 1. The summed E-state index contributed by atoms with van der Waals surface area (Å²) in [6.07, 6.45) is 3.18. The fourth-order valence-electron chi connectivity index (χ4n) is 6.28. The second-order valence-corrected chi connectivity index (χ2v) is 11.7. The number of hydrogen-bond donors (Lipinski definition) is 3. The number of Topliss-reactive ketones (excluding diaryl/α,β-unsaturated/α-hetero) is 1. The zero-order valence-corrected chi connectivity index (χ0v) is 22.4. The van der Waals surface area contributed by atoms with Gasteiger partial charge in [0.1, 0.15) is 12.1 Å². The van der Waals surface area contributed by atoms with Crippen LogP contribution in [0.25, 0.3) is 0 Å². The summed E-state index contributed by atoms with van der Waals surface area (Å²) in [6, 6.07) is 5.72. The second kappa shape index (κ2) is 10.6. The van der Waals surface area contributed by atoms with Crippen LogP contribution in [0.1, 0.15) is 56.3 Å². The number of rotatable bonds is 7. The van der Waals surface area contributed by atoms with Gasteiger partial charge in [-0.15, -0.1) is 0 Å². The van der Waals surface area contributed by atoms with Gasteiger partial charge in [0, 0.05) is 44.0 Å². The molecule has 0 bridgehead atoms. The van der Waals surface area contributed by atoms with E-state index in [4.69, 9.17) is 5.73 Å². The lowest BCUT2D eigenvalue weighted by Crippen LogP contribution is -2.60. The predicted octanol–water partition coefficient (Wildman–Crippen LogP) is 0.503. The highest BCUT2D eigenvalue weighted by Crippen LogP contribution is 2.37. The van der Waals surface area contributed by atoms with Crippen molar-refractivity contribution < 1.29 is 19.2 Å². The van der Waals surface area contributed by atoms with Crippen molar-refractivity contribution in [3.63, 3.8) is 0 Å². The van der Waals surface area contributed by atoms with Crippen LogP contribution in [0.4, 0.5) is 5.69 Å².